The molecule has 0 bridgehead atoms. The Labute approximate surface area is 212 Å². The zero-order valence-corrected chi connectivity index (χ0v) is 22.4. The van der Waals surface area contributed by atoms with Crippen molar-refractivity contribution in [2.24, 2.45) is 11.8 Å². The van der Waals surface area contributed by atoms with Crippen LogP contribution in [0.1, 0.15) is 46.1 Å². The average molecular weight is 528 g/mol. The van der Waals surface area contributed by atoms with Gasteiger partial charge in [0.15, 0.2) is 0 Å². The molecule has 2 aromatic rings. The molecule has 0 spiro atoms. The highest BCUT2D eigenvalue weighted by Gasteiger charge is 2.29. The van der Waals surface area contributed by atoms with Crippen LogP contribution in [0.2, 0.25) is 10.0 Å². The molecule has 0 unspecified atom stereocenters. The third-order valence-corrected chi connectivity index (χ3v) is 7.87. The van der Waals surface area contributed by atoms with Crippen molar-refractivity contribution in [3.63, 3.8) is 0 Å². The third kappa shape index (κ3) is 6.58. The fourth-order valence-electron chi connectivity index (χ4n) is 3.75. The van der Waals surface area contributed by atoms with E-state index in [1.54, 1.807) is 6.07 Å². The van der Waals surface area contributed by atoms with Crippen molar-refractivity contribution in [3.05, 3.63) is 52.0 Å². The lowest BCUT2D eigenvalue weighted by Crippen LogP contribution is -2.35. The number of carbonyl (C=O) groups is 1. The van der Waals surface area contributed by atoms with Crippen LogP contribution in [0, 0.1) is 11.8 Å². The molecule has 0 radical (unpaired) electrons. The number of nitrogens with zero attached hydrogens (tertiary/aromatic N) is 2. The van der Waals surface area contributed by atoms with Crippen LogP contribution >= 0.6 is 23.2 Å². The zero-order valence-electron chi connectivity index (χ0n) is 20.1. The monoisotopic (exact) mass is 526 g/mol. The Kier molecular flexibility index (Phi) is 8.77. The first-order valence-corrected chi connectivity index (χ1v) is 13.8. The first kappa shape index (κ1) is 26.6. The summed E-state index contributed by atoms with van der Waals surface area (Å²) in [5, 5.41) is 0.384. The van der Waals surface area contributed by atoms with Crippen LogP contribution in [0.25, 0.3) is 0 Å². The van der Waals surface area contributed by atoms with E-state index in [1.807, 2.05) is 44.7 Å². The van der Waals surface area contributed by atoms with E-state index in [9.17, 15) is 13.2 Å². The van der Waals surface area contributed by atoms with E-state index in [4.69, 9.17) is 27.4 Å². The molecular formula is C25H32Cl2N2O4S. The number of benzene rings is 2. The Bertz CT molecular complexity index is 1130. The number of halogens is 2. The summed E-state index contributed by atoms with van der Waals surface area (Å²) in [5.41, 5.74) is 1.48. The van der Waals surface area contributed by atoms with Crippen LogP contribution in [0.4, 0.5) is 5.69 Å². The van der Waals surface area contributed by atoms with Crippen LogP contribution in [0.5, 0.6) is 5.75 Å². The molecule has 0 N–H and O–H groups in total. The smallest absolute Gasteiger partial charge is 0.339 e. The van der Waals surface area contributed by atoms with Crippen molar-refractivity contribution >= 4 is 44.9 Å². The lowest BCUT2D eigenvalue weighted by atomic mass is 10.1. The third-order valence-electron chi connectivity index (χ3n) is 5.90. The Balaban J connectivity index is 2.00. The Hall–Kier alpha value is -1.96. The maximum Gasteiger partial charge on any atom is 0.339 e. The Morgan fingerprint density at radius 2 is 1.74 bits per heavy atom. The van der Waals surface area contributed by atoms with E-state index < -0.39 is 10.1 Å². The summed E-state index contributed by atoms with van der Waals surface area (Å²) in [5.74, 6) is 0.589. The van der Waals surface area contributed by atoms with E-state index in [0.717, 1.165) is 31.6 Å². The lowest BCUT2D eigenvalue weighted by molar-refractivity contribution is -0.135. The van der Waals surface area contributed by atoms with Gasteiger partial charge in [0.25, 0.3) is 0 Å². The number of rotatable bonds is 11. The van der Waals surface area contributed by atoms with Gasteiger partial charge >= 0.3 is 10.1 Å². The van der Waals surface area contributed by atoms with Crippen LogP contribution in [0.3, 0.4) is 0 Å². The van der Waals surface area contributed by atoms with Gasteiger partial charge in [-0.25, -0.2) is 0 Å². The van der Waals surface area contributed by atoms with Crippen molar-refractivity contribution in [2.45, 2.75) is 52.0 Å². The van der Waals surface area contributed by atoms with Gasteiger partial charge in [-0.15, -0.1) is 0 Å². The van der Waals surface area contributed by atoms with Crippen molar-refractivity contribution in [3.8, 4) is 5.75 Å². The van der Waals surface area contributed by atoms with Crippen molar-refractivity contribution in [2.75, 3.05) is 24.5 Å². The van der Waals surface area contributed by atoms with Gasteiger partial charge in [-0.2, -0.15) is 8.42 Å². The summed E-state index contributed by atoms with van der Waals surface area (Å²) in [6.45, 7) is 10.3. The summed E-state index contributed by atoms with van der Waals surface area (Å²) in [7, 11) is -4.18. The normalized spacial score (nSPS) is 13.7. The van der Waals surface area contributed by atoms with Crippen LogP contribution in [-0.2, 0) is 21.5 Å². The van der Waals surface area contributed by atoms with Gasteiger partial charge < -0.3 is 14.0 Å². The molecule has 1 saturated carbocycles. The van der Waals surface area contributed by atoms with Crippen molar-refractivity contribution in [1.82, 2.24) is 4.90 Å². The summed E-state index contributed by atoms with van der Waals surface area (Å²) in [4.78, 5) is 16.7. The SMILES string of the molecule is CCN(CC)c1ccc(CN(CC2CC2)C(=O)C(C)C)c(OS(=O)(=O)c2ccc(Cl)c(Cl)c2)c1. The number of anilines is 1. The van der Waals surface area contributed by atoms with Gasteiger partial charge in [0.2, 0.25) is 5.91 Å². The summed E-state index contributed by atoms with van der Waals surface area (Å²) in [6, 6.07) is 9.57. The number of hydrogen-bond acceptors (Lipinski definition) is 5. The van der Waals surface area contributed by atoms with Gasteiger partial charge in [-0.05, 0) is 56.9 Å². The van der Waals surface area contributed by atoms with E-state index in [2.05, 4.69) is 4.90 Å². The molecule has 3 rings (SSSR count). The number of carbonyl (C=O) groups excluding carboxylic acids is 1. The second-order valence-electron chi connectivity index (χ2n) is 8.89. The van der Waals surface area contributed by atoms with Crippen molar-refractivity contribution in [1.29, 1.82) is 0 Å². The molecule has 1 aliphatic rings. The van der Waals surface area contributed by atoms with E-state index in [1.165, 1.54) is 18.2 Å². The largest absolute Gasteiger partial charge is 0.379 e. The highest BCUT2D eigenvalue weighted by atomic mass is 35.5. The fourth-order valence-corrected chi connectivity index (χ4v) is 5.10. The molecule has 186 valence electrons. The molecule has 0 heterocycles. The van der Waals surface area contributed by atoms with E-state index >= 15 is 0 Å². The molecule has 1 amide bonds. The van der Waals surface area contributed by atoms with Crippen LogP contribution in [0.15, 0.2) is 41.3 Å². The summed E-state index contributed by atoms with van der Waals surface area (Å²) >= 11 is 12.0. The maximum atomic E-state index is 13.1. The molecule has 1 fully saturated rings. The minimum absolute atomic E-state index is 0.0398. The average Bonchev–Trinajstić information content (AvgIpc) is 3.60. The van der Waals surface area contributed by atoms with Gasteiger partial charge in [0, 0.05) is 49.4 Å². The molecule has 1 aliphatic carbocycles. The number of hydrogen-bond donors (Lipinski definition) is 0. The van der Waals surface area contributed by atoms with E-state index in [0.29, 0.717) is 18.0 Å². The minimum atomic E-state index is -4.18. The minimum Gasteiger partial charge on any atom is -0.379 e. The van der Waals surface area contributed by atoms with Crippen LogP contribution in [-0.4, -0.2) is 38.9 Å². The molecule has 9 heteroatoms. The second kappa shape index (κ2) is 11.2. The molecular weight excluding hydrogens is 495 g/mol. The quantitative estimate of drug-likeness (QED) is 0.335. The predicted octanol–water partition coefficient (Wildman–Crippen LogP) is 6.00. The Morgan fingerprint density at radius 1 is 1.06 bits per heavy atom. The summed E-state index contributed by atoms with van der Waals surface area (Å²) < 4.78 is 31.9. The zero-order chi connectivity index (χ0) is 25.0. The first-order valence-electron chi connectivity index (χ1n) is 11.6. The number of amides is 1. The second-order valence-corrected chi connectivity index (χ2v) is 11.3. The van der Waals surface area contributed by atoms with Gasteiger partial charge in [0.05, 0.1) is 10.0 Å². The van der Waals surface area contributed by atoms with E-state index in [-0.39, 0.29) is 39.1 Å². The van der Waals surface area contributed by atoms with Crippen LogP contribution < -0.4 is 9.08 Å². The first-order chi connectivity index (χ1) is 16.1. The highest BCUT2D eigenvalue weighted by molar-refractivity contribution is 7.87. The van der Waals surface area contributed by atoms with Gasteiger partial charge in [-0.3, -0.25) is 4.79 Å². The van der Waals surface area contributed by atoms with Gasteiger partial charge in [-0.1, -0.05) is 43.1 Å². The molecule has 0 aromatic heterocycles. The van der Waals surface area contributed by atoms with Crippen molar-refractivity contribution < 1.29 is 17.4 Å². The molecule has 0 atom stereocenters. The predicted molar refractivity (Wildman–Crippen MR) is 137 cm³/mol. The molecule has 6 nitrogen and oxygen atoms in total. The fraction of sp³-hybridized carbons (Fsp3) is 0.480. The molecule has 34 heavy (non-hydrogen) atoms. The lowest BCUT2D eigenvalue weighted by Gasteiger charge is -2.27. The standard InChI is InChI=1S/C25H32Cl2N2O4S/c1-5-28(6-2)20-10-9-19(16-29(15-18-7-8-18)25(30)17(3)4)24(13-20)33-34(31,32)21-11-12-22(26)23(27)14-21/h9-14,17-18H,5-8,15-16H2,1-4H3. The summed E-state index contributed by atoms with van der Waals surface area (Å²) in [6.07, 6.45) is 2.22. The maximum absolute atomic E-state index is 13.1. The molecule has 2 aromatic carbocycles. The Morgan fingerprint density at radius 3 is 2.29 bits per heavy atom. The topological polar surface area (TPSA) is 66.9 Å². The highest BCUT2D eigenvalue weighted by Crippen LogP contribution is 2.34. The molecule has 0 saturated heterocycles. The van der Waals surface area contributed by atoms with Gasteiger partial charge in [0.1, 0.15) is 10.6 Å². The molecule has 0 aliphatic heterocycles.